The molecule has 0 aliphatic heterocycles. The summed E-state index contributed by atoms with van der Waals surface area (Å²) in [7, 11) is 0. The molecular weight excluding hydrogens is 356 g/mol. The summed E-state index contributed by atoms with van der Waals surface area (Å²) in [6.07, 6.45) is 4.84. The zero-order chi connectivity index (χ0) is 17.2. The van der Waals surface area contributed by atoms with Gasteiger partial charge in [-0.05, 0) is 35.7 Å². The molecule has 0 radical (unpaired) electrons. The smallest absolute Gasteiger partial charge is 0.204 e. The Labute approximate surface area is 152 Å². The van der Waals surface area contributed by atoms with Gasteiger partial charge in [0.25, 0.3) is 0 Å². The SMILES string of the molecule is O=C(c1cccs1)c1ccc(Nc2ncnc3cnccc23)cc1Cl. The van der Waals surface area contributed by atoms with Crippen molar-refractivity contribution in [3.63, 3.8) is 0 Å². The zero-order valence-corrected chi connectivity index (χ0v) is 14.4. The summed E-state index contributed by atoms with van der Waals surface area (Å²) in [5.74, 6) is 0.575. The van der Waals surface area contributed by atoms with Crippen molar-refractivity contribution in [3.05, 3.63) is 76.0 Å². The van der Waals surface area contributed by atoms with E-state index in [1.54, 1.807) is 30.6 Å². The van der Waals surface area contributed by atoms with Crippen molar-refractivity contribution in [2.24, 2.45) is 0 Å². The Morgan fingerprint density at radius 3 is 2.88 bits per heavy atom. The van der Waals surface area contributed by atoms with Gasteiger partial charge in [-0.3, -0.25) is 9.78 Å². The van der Waals surface area contributed by atoms with Crippen LogP contribution in [-0.2, 0) is 0 Å². The molecule has 0 spiro atoms. The summed E-state index contributed by atoms with van der Waals surface area (Å²) in [5.41, 5.74) is 1.96. The molecule has 0 fully saturated rings. The Balaban J connectivity index is 1.66. The van der Waals surface area contributed by atoms with Crippen LogP contribution in [0.3, 0.4) is 0 Å². The Morgan fingerprint density at radius 1 is 1.16 bits per heavy atom. The predicted molar refractivity (Wildman–Crippen MR) is 99.8 cm³/mol. The monoisotopic (exact) mass is 366 g/mol. The minimum absolute atomic E-state index is 0.0786. The van der Waals surface area contributed by atoms with Gasteiger partial charge in [-0.2, -0.15) is 0 Å². The van der Waals surface area contributed by atoms with Gasteiger partial charge in [0.15, 0.2) is 0 Å². The van der Waals surface area contributed by atoms with Crippen LogP contribution in [-0.4, -0.2) is 20.7 Å². The van der Waals surface area contributed by atoms with E-state index < -0.39 is 0 Å². The van der Waals surface area contributed by atoms with Gasteiger partial charge in [0.2, 0.25) is 5.78 Å². The summed E-state index contributed by atoms with van der Waals surface area (Å²) in [6, 6.07) is 10.7. The van der Waals surface area contributed by atoms with Crippen LogP contribution < -0.4 is 5.32 Å². The van der Waals surface area contributed by atoms with Gasteiger partial charge in [-0.1, -0.05) is 17.7 Å². The molecule has 0 aliphatic rings. The summed E-state index contributed by atoms with van der Waals surface area (Å²) in [5, 5.41) is 6.33. The van der Waals surface area contributed by atoms with Crippen LogP contribution >= 0.6 is 22.9 Å². The number of nitrogens with one attached hydrogen (secondary N) is 1. The van der Waals surface area contributed by atoms with E-state index in [4.69, 9.17) is 11.6 Å². The van der Waals surface area contributed by atoms with Crippen LogP contribution in [0.15, 0.2) is 60.5 Å². The van der Waals surface area contributed by atoms with Crippen LogP contribution in [0.4, 0.5) is 11.5 Å². The average molecular weight is 367 g/mol. The molecule has 0 bridgehead atoms. The van der Waals surface area contributed by atoms with Crippen molar-refractivity contribution in [1.82, 2.24) is 15.0 Å². The van der Waals surface area contributed by atoms with Crippen molar-refractivity contribution in [2.75, 3.05) is 5.32 Å². The van der Waals surface area contributed by atoms with Gasteiger partial charge >= 0.3 is 0 Å². The molecule has 3 heterocycles. The first-order chi connectivity index (χ1) is 12.2. The Hall–Kier alpha value is -2.83. The Morgan fingerprint density at radius 2 is 2.08 bits per heavy atom. The number of thiophene rings is 1. The maximum Gasteiger partial charge on any atom is 0.204 e. The maximum atomic E-state index is 12.5. The van der Waals surface area contributed by atoms with E-state index in [0.717, 1.165) is 16.6 Å². The average Bonchev–Trinajstić information content (AvgIpc) is 3.16. The minimum atomic E-state index is -0.0786. The van der Waals surface area contributed by atoms with Gasteiger partial charge in [0.05, 0.1) is 21.6 Å². The zero-order valence-electron chi connectivity index (χ0n) is 12.8. The van der Waals surface area contributed by atoms with Crippen molar-refractivity contribution in [3.8, 4) is 0 Å². The van der Waals surface area contributed by atoms with Gasteiger partial charge in [-0.25, -0.2) is 9.97 Å². The molecular formula is C18H11ClN4OS. The number of hydrogen-bond donors (Lipinski definition) is 1. The normalized spacial score (nSPS) is 10.8. The van der Waals surface area contributed by atoms with Crippen LogP contribution in [0.1, 0.15) is 15.2 Å². The largest absolute Gasteiger partial charge is 0.340 e. The van der Waals surface area contributed by atoms with Gasteiger partial charge < -0.3 is 5.32 Å². The molecule has 0 unspecified atom stereocenters. The minimum Gasteiger partial charge on any atom is -0.340 e. The molecule has 4 aromatic rings. The molecule has 0 amide bonds. The maximum absolute atomic E-state index is 12.5. The highest BCUT2D eigenvalue weighted by Gasteiger charge is 2.14. The Kier molecular flexibility index (Phi) is 4.13. The summed E-state index contributed by atoms with van der Waals surface area (Å²) in [4.78, 5) is 25.6. The first kappa shape index (κ1) is 15.7. The molecule has 25 heavy (non-hydrogen) atoms. The number of aromatic nitrogens is 3. The number of anilines is 2. The van der Waals surface area contributed by atoms with E-state index in [9.17, 15) is 4.79 Å². The van der Waals surface area contributed by atoms with E-state index in [1.807, 2.05) is 23.6 Å². The molecule has 0 aliphatic carbocycles. The molecule has 3 aromatic heterocycles. The number of ketones is 1. The number of benzene rings is 1. The fourth-order valence-electron chi connectivity index (χ4n) is 2.46. The quantitative estimate of drug-likeness (QED) is 0.529. The second kappa shape index (κ2) is 6.58. The number of carbonyl (C=O) groups is 1. The van der Waals surface area contributed by atoms with E-state index in [2.05, 4.69) is 20.3 Å². The van der Waals surface area contributed by atoms with Crippen molar-refractivity contribution < 1.29 is 4.79 Å². The number of rotatable bonds is 4. The molecule has 122 valence electrons. The van der Waals surface area contributed by atoms with E-state index in [1.165, 1.54) is 17.7 Å². The summed E-state index contributed by atoms with van der Waals surface area (Å²) >= 11 is 7.72. The van der Waals surface area contributed by atoms with Crippen LogP contribution in [0, 0.1) is 0 Å². The lowest BCUT2D eigenvalue weighted by Gasteiger charge is -2.10. The molecule has 7 heteroatoms. The third-order valence-corrected chi connectivity index (χ3v) is 4.84. The van der Waals surface area contributed by atoms with Crippen molar-refractivity contribution >= 4 is 51.1 Å². The standard InChI is InChI=1S/C18H11ClN4OS/c19-14-8-11(3-4-12(14)17(24)16-2-1-7-25-16)23-18-13-5-6-20-9-15(13)21-10-22-18/h1-10H,(H,21,22,23). The van der Waals surface area contributed by atoms with Crippen LogP contribution in [0.2, 0.25) is 5.02 Å². The number of fused-ring (bicyclic) bond motifs is 1. The molecule has 0 saturated heterocycles. The lowest BCUT2D eigenvalue weighted by molar-refractivity contribution is 0.104. The summed E-state index contributed by atoms with van der Waals surface area (Å²) in [6.45, 7) is 0. The number of carbonyl (C=O) groups excluding carboxylic acids is 1. The third-order valence-electron chi connectivity index (χ3n) is 3.66. The van der Waals surface area contributed by atoms with Crippen LogP contribution in [0.5, 0.6) is 0 Å². The van der Waals surface area contributed by atoms with Crippen molar-refractivity contribution in [1.29, 1.82) is 0 Å². The van der Waals surface area contributed by atoms with Crippen molar-refractivity contribution in [2.45, 2.75) is 0 Å². The lowest BCUT2D eigenvalue weighted by Crippen LogP contribution is -2.01. The van der Waals surface area contributed by atoms with Crippen LogP contribution in [0.25, 0.3) is 10.9 Å². The molecule has 0 atom stereocenters. The van der Waals surface area contributed by atoms with Gasteiger partial charge in [0, 0.05) is 22.8 Å². The highest BCUT2D eigenvalue weighted by molar-refractivity contribution is 7.12. The summed E-state index contributed by atoms with van der Waals surface area (Å²) < 4.78 is 0. The second-order valence-electron chi connectivity index (χ2n) is 5.24. The second-order valence-corrected chi connectivity index (χ2v) is 6.60. The van der Waals surface area contributed by atoms with E-state index in [0.29, 0.717) is 21.3 Å². The first-order valence-corrected chi connectivity index (χ1v) is 8.67. The molecule has 1 N–H and O–H groups in total. The number of halogens is 1. The molecule has 4 rings (SSSR count). The number of hydrogen-bond acceptors (Lipinski definition) is 6. The molecule has 0 saturated carbocycles. The number of pyridine rings is 1. The fraction of sp³-hybridized carbons (Fsp3) is 0. The highest BCUT2D eigenvalue weighted by atomic mass is 35.5. The molecule has 5 nitrogen and oxygen atoms in total. The predicted octanol–water partition coefficient (Wildman–Crippen LogP) is 4.71. The third kappa shape index (κ3) is 3.09. The highest BCUT2D eigenvalue weighted by Crippen LogP contribution is 2.28. The Bertz CT molecular complexity index is 1060. The molecule has 1 aromatic carbocycles. The fourth-order valence-corrected chi connectivity index (χ4v) is 3.41. The van der Waals surface area contributed by atoms with Gasteiger partial charge in [0.1, 0.15) is 12.1 Å². The number of nitrogens with zero attached hydrogens (tertiary/aromatic N) is 3. The lowest BCUT2D eigenvalue weighted by atomic mass is 10.1. The van der Waals surface area contributed by atoms with Gasteiger partial charge in [-0.15, -0.1) is 11.3 Å². The van der Waals surface area contributed by atoms with E-state index >= 15 is 0 Å². The van der Waals surface area contributed by atoms with E-state index in [-0.39, 0.29) is 5.78 Å². The topological polar surface area (TPSA) is 67.8 Å². The first-order valence-electron chi connectivity index (χ1n) is 7.42.